The molecule has 106 valence electrons. The molecule has 19 heavy (non-hydrogen) atoms. The molecule has 0 unspecified atom stereocenters. The van der Waals surface area contributed by atoms with E-state index in [4.69, 9.17) is 5.11 Å². The fourth-order valence-electron chi connectivity index (χ4n) is 1.76. The van der Waals surface area contributed by atoms with Gasteiger partial charge in [-0.3, -0.25) is 9.69 Å². The zero-order valence-electron chi connectivity index (χ0n) is 11.2. The highest BCUT2D eigenvalue weighted by Crippen LogP contribution is 2.15. The highest BCUT2D eigenvalue weighted by Gasteiger charge is 2.06. The Morgan fingerprint density at radius 2 is 2.16 bits per heavy atom. The van der Waals surface area contributed by atoms with Crippen molar-refractivity contribution >= 4 is 27.5 Å². The third-order valence-corrected chi connectivity index (χ3v) is 3.21. The van der Waals surface area contributed by atoms with E-state index >= 15 is 0 Å². The maximum atomic E-state index is 11.8. The zero-order valence-corrected chi connectivity index (χ0v) is 12.8. The largest absolute Gasteiger partial charge is 0.396 e. The van der Waals surface area contributed by atoms with Gasteiger partial charge in [0, 0.05) is 16.8 Å². The number of nitrogens with one attached hydrogen (secondary N) is 1. The fraction of sp³-hybridized carbons (Fsp3) is 0.500. The van der Waals surface area contributed by atoms with Crippen LogP contribution in [0.1, 0.15) is 19.3 Å². The number of aliphatic hydroxyl groups is 1. The minimum absolute atomic E-state index is 0.0113. The van der Waals surface area contributed by atoms with Crippen LogP contribution in [0.15, 0.2) is 28.7 Å². The van der Waals surface area contributed by atoms with Crippen LogP contribution in [0.5, 0.6) is 0 Å². The van der Waals surface area contributed by atoms with Gasteiger partial charge in [0.1, 0.15) is 0 Å². The molecular weight excluding hydrogens is 308 g/mol. The molecule has 1 aromatic rings. The van der Waals surface area contributed by atoms with E-state index in [1.54, 1.807) is 0 Å². The van der Waals surface area contributed by atoms with Gasteiger partial charge in [-0.05, 0) is 51.1 Å². The number of hydrogen-bond donors (Lipinski definition) is 2. The maximum absolute atomic E-state index is 11.8. The van der Waals surface area contributed by atoms with Crippen molar-refractivity contribution in [3.8, 4) is 0 Å². The predicted octanol–water partition coefficient (Wildman–Crippen LogP) is 2.48. The first-order valence-electron chi connectivity index (χ1n) is 6.46. The molecule has 0 aliphatic heterocycles. The molecule has 5 heteroatoms. The third kappa shape index (κ3) is 7.30. The molecule has 0 aliphatic rings. The van der Waals surface area contributed by atoms with Gasteiger partial charge in [0.25, 0.3) is 0 Å². The molecule has 1 amide bonds. The average Bonchev–Trinajstić information content (AvgIpc) is 2.34. The molecule has 0 spiro atoms. The van der Waals surface area contributed by atoms with E-state index < -0.39 is 0 Å². The number of amides is 1. The molecule has 1 aromatic carbocycles. The van der Waals surface area contributed by atoms with E-state index in [1.165, 1.54) is 0 Å². The molecule has 0 saturated carbocycles. The minimum atomic E-state index is -0.0113. The number of likely N-dealkylation sites (N-methyl/N-ethyl adjacent to an activating group) is 1. The molecule has 1 rings (SSSR count). The van der Waals surface area contributed by atoms with Gasteiger partial charge in [0.2, 0.25) is 5.91 Å². The quantitative estimate of drug-likeness (QED) is 0.721. The molecular formula is C14H21BrN2O2. The van der Waals surface area contributed by atoms with Crippen molar-refractivity contribution in [1.82, 2.24) is 4.90 Å². The van der Waals surface area contributed by atoms with Gasteiger partial charge >= 0.3 is 0 Å². The first kappa shape index (κ1) is 16.1. The van der Waals surface area contributed by atoms with Crippen LogP contribution in [0.4, 0.5) is 5.69 Å². The van der Waals surface area contributed by atoms with Crippen molar-refractivity contribution in [2.45, 2.75) is 19.3 Å². The second-order valence-electron chi connectivity index (χ2n) is 4.58. The third-order valence-electron chi connectivity index (χ3n) is 2.72. The van der Waals surface area contributed by atoms with E-state index in [0.717, 1.165) is 36.0 Å². The summed E-state index contributed by atoms with van der Waals surface area (Å²) in [5.74, 6) is -0.0113. The van der Waals surface area contributed by atoms with Crippen molar-refractivity contribution in [1.29, 1.82) is 0 Å². The Balaban J connectivity index is 2.26. The van der Waals surface area contributed by atoms with Gasteiger partial charge in [-0.15, -0.1) is 0 Å². The van der Waals surface area contributed by atoms with Crippen molar-refractivity contribution < 1.29 is 9.90 Å². The summed E-state index contributed by atoms with van der Waals surface area (Å²) >= 11 is 3.37. The SMILES string of the molecule is CN(CCCCCO)CC(=O)Nc1cccc(Br)c1. The van der Waals surface area contributed by atoms with E-state index in [-0.39, 0.29) is 12.5 Å². The molecule has 4 nitrogen and oxygen atoms in total. The summed E-state index contributed by atoms with van der Waals surface area (Å²) in [6, 6.07) is 7.55. The highest BCUT2D eigenvalue weighted by molar-refractivity contribution is 9.10. The van der Waals surface area contributed by atoms with Crippen LogP contribution in [0.3, 0.4) is 0 Å². The summed E-state index contributed by atoms with van der Waals surface area (Å²) in [6.45, 7) is 1.49. The monoisotopic (exact) mass is 328 g/mol. The van der Waals surface area contributed by atoms with Crippen LogP contribution in [0, 0.1) is 0 Å². The van der Waals surface area contributed by atoms with E-state index in [2.05, 4.69) is 21.2 Å². The molecule has 0 aliphatic carbocycles. The number of anilines is 1. The second kappa shape index (κ2) is 9.07. The lowest BCUT2D eigenvalue weighted by molar-refractivity contribution is -0.117. The number of carbonyl (C=O) groups excluding carboxylic acids is 1. The smallest absolute Gasteiger partial charge is 0.238 e. The van der Waals surface area contributed by atoms with Gasteiger partial charge in [0.15, 0.2) is 0 Å². The summed E-state index contributed by atoms with van der Waals surface area (Å²) in [4.78, 5) is 13.8. The summed E-state index contributed by atoms with van der Waals surface area (Å²) in [5, 5.41) is 11.5. The summed E-state index contributed by atoms with van der Waals surface area (Å²) in [6.07, 6.45) is 2.83. The zero-order chi connectivity index (χ0) is 14.1. The maximum Gasteiger partial charge on any atom is 0.238 e. The lowest BCUT2D eigenvalue weighted by atomic mass is 10.2. The summed E-state index contributed by atoms with van der Waals surface area (Å²) in [5.41, 5.74) is 0.799. The van der Waals surface area contributed by atoms with E-state index in [1.807, 2.05) is 36.2 Å². The van der Waals surface area contributed by atoms with Crippen molar-refractivity contribution in [3.63, 3.8) is 0 Å². The molecule has 0 aromatic heterocycles. The minimum Gasteiger partial charge on any atom is -0.396 e. The summed E-state index contributed by atoms with van der Waals surface area (Å²) in [7, 11) is 1.93. The first-order chi connectivity index (χ1) is 9.11. The van der Waals surface area contributed by atoms with E-state index in [9.17, 15) is 4.79 Å². The van der Waals surface area contributed by atoms with Crippen molar-refractivity contribution in [3.05, 3.63) is 28.7 Å². The van der Waals surface area contributed by atoms with Crippen molar-refractivity contribution in [2.24, 2.45) is 0 Å². The molecule has 0 saturated heterocycles. The Bertz CT molecular complexity index is 399. The molecule has 0 radical (unpaired) electrons. The molecule has 0 fully saturated rings. The number of benzene rings is 1. The predicted molar refractivity (Wildman–Crippen MR) is 81.2 cm³/mol. The van der Waals surface area contributed by atoms with Gasteiger partial charge < -0.3 is 10.4 Å². The molecule has 2 N–H and O–H groups in total. The Morgan fingerprint density at radius 3 is 2.84 bits per heavy atom. The fourth-order valence-corrected chi connectivity index (χ4v) is 2.16. The highest BCUT2D eigenvalue weighted by atomic mass is 79.9. The number of rotatable bonds is 8. The number of unbranched alkanes of at least 4 members (excludes halogenated alkanes) is 2. The van der Waals surface area contributed by atoms with Gasteiger partial charge in [0.05, 0.1) is 6.54 Å². The Morgan fingerprint density at radius 1 is 1.37 bits per heavy atom. The standard InChI is InChI=1S/C14H21BrN2O2/c1-17(8-3-2-4-9-18)11-14(19)16-13-7-5-6-12(15)10-13/h5-7,10,18H,2-4,8-9,11H2,1H3,(H,16,19). The second-order valence-corrected chi connectivity index (χ2v) is 5.50. The number of carbonyl (C=O) groups is 1. The van der Waals surface area contributed by atoms with Crippen LogP contribution in [0.2, 0.25) is 0 Å². The van der Waals surface area contributed by atoms with Crippen LogP contribution in [0.25, 0.3) is 0 Å². The number of halogens is 1. The molecule has 0 atom stereocenters. The lowest BCUT2D eigenvalue weighted by Gasteiger charge is -2.16. The lowest BCUT2D eigenvalue weighted by Crippen LogP contribution is -2.30. The molecule has 0 heterocycles. The summed E-state index contributed by atoms with van der Waals surface area (Å²) < 4.78 is 0.947. The Hall–Kier alpha value is -0.910. The number of nitrogens with zero attached hydrogens (tertiary/aromatic N) is 1. The van der Waals surface area contributed by atoms with Crippen LogP contribution < -0.4 is 5.32 Å². The van der Waals surface area contributed by atoms with Gasteiger partial charge in [-0.2, -0.15) is 0 Å². The van der Waals surface area contributed by atoms with Gasteiger partial charge in [-0.25, -0.2) is 0 Å². The van der Waals surface area contributed by atoms with E-state index in [0.29, 0.717) is 6.54 Å². The Labute approximate surface area is 122 Å². The number of hydrogen-bond acceptors (Lipinski definition) is 3. The van der Waals surface area contributed by atoms with Gasteiger partial charge in [-0.1, -0.05) is 22.0 Å². The Kier molecular flexibility index (Phi) is 7.70. The normalized spacial score (nSPS) is 10.7. The molecule has 0 bridgehead atoms. The van der Waals surface area contributed by atoms with Crippen LogP contribution in [-0.2, 0) is 4.79 Å². The topological polar surface area (TPSA) is 52.6 Å². The first-order valence-corrected chi connectivity index (χ1v) is 7.26. The van der Waals surface area contributed by atoms with Crippen molar-refractivity contribution in [2.75, 3.05) is 32.1 Å². The van der Waals surface area contributed by atoms with Crippen LogP contribution >= 0.6 is 15.9 Å². The van der Waals surface area contributed by atoms with Crippen LogP contribution in [-0.4, -0.2) is 42.7 Å². The average molecular weight is 329 g/mol. The number of aliphatic hydroxyl groups excluding tert-OH is 1.